The predicted octanol–water partition coefficient (Wildman–Crippen LogP) is 2.59. The summed E-state index contributed by atoms with van der Waals surface area (Å²) in [6, 6.07) is 3.67. The fourth-order valence-electron chi connectivity index (χ4n) is 1.43. The molecule has 0 atom stereocenters. The van der Waals surface area contributed by atoms with Gasteiger partial charge in [-0.3, -0.25) is 4.79 Å². The van der Waals surface area contributed by atoms with Crippen molar-refractivity contribution >= 4 is 12.0 Å². The number of hydrogen-bond donors (Lipinski definition) is 1. The maximum Gasteiger partial charge on any atom is 0.153 e. The highest BCUT2D eigenvalue weighted by Gasteiger charge is 2.17. The Balaban J connectivity index is 0. The van der Waals surface area contributed by atoms with E-state index in [-0.39, 0.29) is 10.9 Å². The van der Waals surface area contributed by atoms with Crippen LogP contribution in [0.2, 0.25) is 0 Å². The van der Waals surface area contributed by atoms with Gasteiger partial charge in [-0.25, -0.2) is 0 Å². The molecule has 1 rings (SSSR count). The van der Waals surface area contributed by atoms with E-state index >= 15 is 0 Å². The lowest BCUT2D eigenvalue weighted by Crippen LogP contribution is -2.12. The molecular weight excluding hydrogens is 230 g/mol. The number of nitrogens with two attached hydrogens (primary N) is 1. The Hall–Kier alpha value is -1.55. The lowest BCUT2D eigenvalue weighted by atomic mass is 9.85. The number of methoxy groups -OCH3 is 1. The fraction of sp³-hybridized carbons (Fsp3) is 0.500. The van der Waals surface area contributed by atoms with E-state index in [2.05, 4.69) is 20.8 Å². The Morgan fingerprint density at radius 1 is 1.22 bits per heavy atom. The first-order chi connectivity index (χ1) is 7.90. The van der Waals surface area contributed by atoms with Crippen molar-refractivity contribution in [2.45, 2.75) is 40.0 Å². The molecule has 0 aliphatic heterocycles. The minimum absolute atomic E-state index is 0. The second-order valence-electron chi connectivity index (χ2n) is 4.56. The van der Waals surface area contributed by atoms with E-state index in [1.165, 1.54) is 7.11 Å². The molecule has 0 fully saturated rings. The van der Waals surface area contributed by atoms with Gasteiger partial charge in [-0.15, -0.1) is 0 Å². The molecule has 0 aliphatic carbocycles. The normalized spacial score (nSPS) is 9.67. The average molecular weight is 255 g/mol. The second-order valence-corrected chi connectivity index (χ2v) is 4.56. The van der Waals surface area contributed by atoms with Crippen molar-refractivity contribution in [1.82, 2.24) is 0 Å². The summed E-state index contributed by atoms with van der Waals surface area (Å²) in [5.41, 5.74) is 7.83. The van der Waals surface area contributed by atoms with Crippen LogP contribution in [0.5, 0.6) is 5.75 Å². The highest BCUT2D eigenvalue weighted by atomic mass is 16.5. The van der Waals surface area contributed by atoms with Crippen LogP contribution in [0.1, 0.15) is 50.5 Å². The van der Waals surface area contributed by atoms with Gasteiger partial charge in [0.25, 0.3) is 0 Å². The largest absolute Gasteiger partial charge is 0.494 e. The minimum atomic E-state index is -0.0296. The first-order valence-electron chi connectivity index (χ1n) is 5.83. The van der Waals surface area contributed by atoms with Crippen LogP contribution in [0.15, 0.2) is 12.1 Å². The van der Waals surface area contributed by atoms with Crippen LogP contribution in [0.25, 0.3) is 0 Å². The molecule has 0 bridgehead atoms. The Kier molecular flexibility index (Phi) is 8.06. The molecule has 0 saturated heterocycles. The molecule has 0 saturated carbocycles. The minimum Gasteiger partial charge on any atom is -0.494 e. The molecule has 4 N–H and O–H groups in total. The van der Waals surface area contributed by atoms with E-state index in [1.54, 1.807) is 0 Å². The summed E-state index contributed by atoms with van der Waals surface area (Å²) in [4.78, 5) is 10.9. The second kappa shape index (κ2) is 7.71. The summed E-state index contributed by atoms with van der Waals surface area (Å²) in [5, 5.41) is 0. The predicted molar refractivity (Wildman–Crippen MR) is 76.5 cm³/mol. The first kappa shape index (κ1) is 18.8. The molecule has 4 heteroatoms. The summed E-state index contributed by atoms with van der Waals surface area (Å²) in [6.45, 7) is 10.2. The number of nitrogen functional groups attached to an aromatic ring is 1. The molecule has 0 spiro atoms. The number of benzene rings is 1. The van der Waals surface area contributed by atoms with Gasteiger partial charge >= 0.3 is 0 Å². The van der Waals surface area contributed by atoms with E-state index in [0.29, 0.717) is 17.0 Å². The van der Waals surface area contributed by atoms with Gasteiger partial charge < -0.3 is 15.9 Å². The SMILES string of the molecule is CC.COc1c(N)cc(C(C)(C)C)cc1C=O.O. The Labute approximate surface area is 109 Å². The topological polar surface area (TPSA) is 83.8 Å². The van der Waals surface area contributed by atoms with Gasteiger partial charge in [0.2, 0.25) is 0 Å². The van der Waals surface area contributed by atoms with Crippen molar-refractivity contribution in [3.05, 3.63) is 23.3 Å². The van der Waals surface area contributed by atoms with Gasteiger partial charge in [-0.1, -0.05) is 34.6 Å². The molecular formula is C14H25NO3. The number of ether oxygens (including phenoxy) is 1. The molecule has 0 unspecified atom stereocenters. The lowest BCUT2D eigenvalue weighted by molar-refractivity contribution is 0.112. The van der Waals surface area contributed by atoms with Crippen LogP contribution in [0, 0.1) is 0 Å². The van der Waals surface area contributed by atoms with Gasteiger partial charge in [0.1, 0.15) is 0 Å². The molecule has 18 heavy (non-hydrogen) atoms. The summed E-state index contributed by atoms with van der Waals surface area (Å²) < 4.78 is 5.08. The van der Waals surface area contributed by atoms with Crippen molar-refractivity contribution in [3.63, 3.8) is 0 Å². The van der Waals surface area contributed by atoms with Gasteiger partial charge in [0.15, 0.2) is 12.0 Å². The number of hydrogen-bond acceptors (Lipinski definition) is 3. The lowest BCUT2D eigenvalue weighted by Gasteiger charge is -2.21. The van der Waals surface area contributed by atoms with E-state index in [4.69, 9.17) is 10.5 Å². The standard InChI is InChI=1S/C12H17NO2.C2H6.H2O/c1-12(2,3)9-5-8(7-14)11(15-4)10(13)6-9;1-2;/h5-7H,13H2,1-4H3;1-2H3;1H2. The van der Waals surface area contributed by atoms with Crippen LogP contribution < -0.4 is 10.5 Å². The average Bonchev–Trinajstić information content (AvgIpc) is 2.29. The van der Waals surface area contributed by atoms with Crippen molar-refractivity contribution in [2.75, 3.05) is 12.8 Å². The fourth-order valence-corrected chi connectivity index (χ4v) is 1.43. The third kappa shape index (κ3) is 4.37. The quantitative estimate of drug-likeness (QED) is 0.651. The summed E-state index contributed by atoms with van der Waals surface area (Å²) in [7, 11) is 1.51. The van der Waals surface area contributed by atoms with Crippen LogP contribution in [0.4, 0.5) is 5.69 Å². The Morgan fingerprint density at radius 3 is 2.06 bits per heavy atom. The highest BCUT2D eigenvalue weighted by Crippen LogP contribution is 2.32. The first-order valence-corrected chi connectivity index (χ1v) is 5.83. The zero-order valence-corrected chi connectivity index (χ0v) is 12.1. The third-order valence-electron chi connectivity index (χ3n) is 2.34. The van der Waals surface area contributed by atoms with Crippen molar-refractivity contribution in [1.29, 1.82) is 0 Å². The number of anilines is 1. The van der Waals surface area contributed by atoms with Crippen molar-refractivity contribution < 1.29 is 15.0 Å². The molecule has 0 radical (unpaired) electrons. The molecule has 1 aromatic rings. The van der Waals surface area contributed by atoms with Gasteiger partial charge in [-0.2, -0.15) is 0 Å². The summed E-state index contributed by atoms with van der Waals surface area (Å²) in [6.07, 6.45) is 0.768. The number of aldehydes is 1. The zero-order valence-electron chi connectivity index (χ0n) is 12.1. The summed E-state index contributed by atoms with van der Waals surface area (Å²) in [5.74, 6) is 0.456. The molecule has 0 heterocycles. The smallest absolute Gasteiger partial charge is 0.153 e. The maximum absolute atomic E-state index is 10.9. The van der Waals surface area contributed by atoms with Gasteiger partial charge in [0, 0.05) is 0 Å². The summed E-state index contributed by atoms with van der Waals surface area (Å²) >= 11 is 0. The van der Waals surface area contributed by atoms with Crippen LogP contribution >= 0.6 is 0 Å². The van der Waals surface area contributed by atoms with Crippen LogP contribution in [0.3, 0.4) is 0 Å². The monoisotopic (exact) mass is 255 g/mol. The molecule has 104 valence electrons. The maximum atomic E-state index is 10.9. The van der Waals surface area contributed by atoms with Crippen LogP contribution in [-0.4, -0.2) is 18.9 Å². The molecule has 0 aliphatic rings. The third-order valence-corrected chi connectivity index (χ3v) is 2.34. The Bertz CT molecular complexity index is 381. The molecule has 4 nitrogen and oxygen atoms in total. The zero-order chi connectivity index (χ0) is 13.6. The van der Waals surface area contributed by atoms with Crippen molar-refractivity contribution in [3.8, 4) is 5.75 Å². The number of rotatable bonds is 2. The highest BCUT2D eigenvalue weighted by molar-refractivity contribution is 5.84. The van der Waals surface area contributed by atoms with E-state index in [1.807, 2.05) is 26.0 Å². The molecule has 0 aromatic heterocycles. The van der Waals surface area contributed by atoms with Gasteiger partial charge in [0.05, 0.1) is 18.4 Å². The van der Waals surface area contributed by atoms with E-state index in [0.717, 1.165) is 11.8 Å². The Morgan fingerprint density at radius 2 is 1.72 bits per heavy atom. The van der Waals surface area contributed by atoms with Crippen LogP contribution in [-0.2, 0) is 5.41 Å². The number of carbonyl (C=O) groups excluding carboxylic acids is 1. The molecule has 0 amide bonds. The van der Waals surface area contributed by atoms with E-state index in [9.17, 15) is 4.79 Å². The molecule has 1 aromatic carbocycles. The number of carbonyl (C=O) groups is 1. The van der Waals surface area contributed by atoms with E-state index < -0.39 is 0 Å². The van der Waals surface area contributed by atoms with Crippen molar-refractivity contribution in [2.24, 2.45) is 0 Å². The van der Waals surface area contributed by atoms with Gasteiger partial charge in [-0.05, 0) is 23.1 Å².